The van der Waals surface area contributed by atoms with Gasteiger partial charge in [0.2, 0.25) is 0 Å². The summed E-state index contributed by atoms with van der Waals surface area (Å²) in [5, 5.41) is 3.25. The fourth-order valence-electron chi connectivity index (χ4n) is 2.27. The Labute approximate surface area is 131 Å². The predicted octanol–water partition coefficient (Wildman–Crippen LogP) is 1.96. The lowest BCUT2D eigenvalue weighted by Crippen LogP contribution is -2.25. The topological polar surface area (TPSA) is 50.2 Å². The number of benzene rings is 1. The summed E-state index contributed by atoms with van der Waals surface area (Å²) >= 11 is 0. The Morgan fingerprint density at radius 1 is 1.23 bits per heavy atom. The lowest BCUT2D eigenvalue weighted by Gasteiger charge is -2.13. The molecule has 2 rings (SSSR count). The van der Waals surface area contributed by atoms with Gasteiger partial charge >= 0.3 is 5.69 Å². The molecule has 5 heteroatoms. The third-order valence-corrected chi connectivity index (χ3v) is 3.45. The average Bonchev–Trinajstić information content (AvgIpc) is 2.49. The average molecular weight is 300 g/mol. The van der Waals surface area contributed by atoms with Gasteiger partial charge in [0.05, 0.1) is 6.54 Å². The Morgan fingerprint density at radius 3 is 2.64 bits per heavy atom. The lowest BCUT2D eigenvalue weighted by atomic mass is 10.2. The Bertz CT molecular complexity index is 649. The summed E-state index contributed by atoms with van der Waals surface area (Å²) < 4.78 is 1.65. The Kier molecular flexibility index (Phi) is 5.72. The van der Waals surface area contributed by atoms with E-state index in [1.165, 1.54) is 0 Å². The van der Waals surface area contributed by atoms with Crippen LogP contribution < -0.4 is 11.0 Å². The van der Waals surface area contributed by atoms with E-state index in [1.54, 1.807) is 4.57 Å². The van der Waals surface area contributed by atoms with Crippen LogP contribution in [0.25, 0.3) is 0 Å². The second-order valence-electron chi connectivity index (χ2n) is 5.75. The Morgan fingerprint density at radius 2 is 1.95 bits per heavy atom. The van der Waals surface area contributed by atoms with Crippen molar-refractivity contribution in [1.82, 2.24) is 14.5 Å². The number of aromatic nitrogens is 2. The number of nitrogens with one attached hydrogen (secondary N) is 1. The van der Waals surface area contributed by atoms with Crippen molar-refractivity contribution in [2.24, 2.45) is 0 Å². The van der Waals surface area contributed by atoms with Crippen LogP contribution in [0.5, 0.6) is 0 Å². The molecule has 0 radical (unpaired) electrons. The molecule has 0 saturated carbocycles. The minimum Gasteiger partial charge on any atom is -0.370 e. The molecular weight excluding hydrogens is 276 g/mol. The zero-order chi connectivity index (χ0) is 15.9. The molecule has 118 valence electrons. The van der Waals surface area contributed by atoms with E-state index in [2.05, 4.69) is 15.2 Å². The highest BCUT2D eigenvalue weighted by Gasteiger charge is 2.05. The van der Waals surface area contributed by atoms with E-state index >= 15 is 0 Å². The Hall–Kier alpha value is -2.14. The first kappa shape index (κ1) is 16.2. The normalized spacial score (nSPS) is 10.9. The molecule has 1 aromatic heterocycles. The molecule has 0 aliphatic carbocycles. The van der Waals surface area contributed by atoms with Crippen LogP contribution in [0.1, 0.15) is 17.5 Å². The van der Waals surface area contributed by atoms with Crippen molar-refractivity contribution >= 4 is 5.82 Å². The number of anilines is 1. The van der Waals surface area contributed by atoms with Gasteiger partial charge in [-0.3, -0.25) is 4.57 Å². The zero-order valence-corrected chi connectivity index (χ0v) is 13.5. The number of hydrogen-bond acceptors (Lipinski definition) is 4. The van der Waals surface area contributed by atoms with E-state index < -0.39 is 0 Å². The largest absolute Gasteiger partial charge is 0.370 e. The maximum absolute atomic E-state index is 12.1. The molecule has 0 saturated heterocycles. The van der Waals surface area contributed by atoms with Gasteiger partial charge in [0, 0.05) is 18.3 Å². The summed E-state index contributed by atoms with van der Waals surface area (Å²) in [5.41, 5.74) is 1.86. The molecule has 0 aliphatic rings. The van der Waals surface area contributed by atoms with Crippen LogP contribution in [-0.2, 0) is 6.54 Å². The van der Waals surface area contributed by atoms with E-state index in [1.807, 2.05) is 57.5 Å². The summed E-state index contributed by atoms with van der Waals surface area (Å²) in [6.45, 7) is 4.35. The first-order valence-corrected chi connectivity index (χ1v) is 7.57. The molecule has 2 aromatic rings. The fraction of sp³-hybridized carbons (Fsp3) is 0.412. The molecule has 1 aromatic carbocycles. The monoisotopic (exact) mass is 300 g/mol. The molecule has 5 nitrogen and oxygen atoms in total. The quantitative estimate of drug-likeness (QED) is 0.794. The van der Waals surface area contributed by atoms with Crippen molar-refractivity contribution in [3.63, 3.8) is 0 Å². The smallest absolute Gasteiger partial charge is 0.349 e. The van der Waals surface area contributed by atoms with Gasteiger partial charge < -0.3 is 10.2 Å². The lowest BCUT2D eigenvalue weighted by molar-refractivity contribution is 0.405. The van der Waals surface area contributed by atoms with E-state index in [0.717, 1.165) is 30.6 Å². The molecule has 1 heterocycles. The molecule has 0 unspecified atom stereocenters. The van der Waals surface area contributed by atoms with E-state index in [4.69, 9.17) is 0 Å². The van der Waals surface area contributed by atoms with Crippen molar-refractivity contribution in [1.29, 1.82) is 0 Å². The zero-order valence-electron chi connectivity index (χ0n) is 13.5. The fourth-order valence-corrected chi connectivity index (χ4v) is 2.27. The van der Waals surface area contributed by atoms with Crippen molar-refractivity contribution in [3.8, 4) is 0 Å². The van der Waals surface area contributed by atoms with Gasteiger partial charge in [0.15, 0.2) is 0 Å². The summed E-state index contributed by atoms with van der Waals surface area (Å²) in [7, 11) is 4.10. The third kappa shape index (κ3) is 4.70. The van der Waals surface area contributed by atoms with Crippen LogP contribution in [0.3, 0.4) is 0 Å². The number of hydrogen-bond donors (Lipinski definition) is 1. The molecule has 0 aliphatic heterocycles. The summed E-state index contributed by atoms with van der Waals surface area (Å²) in [5.74, 6) is 0.688. The second-order valence-corrected chi connectivity index (χ2v) is 5.75. The minimum absolute atomic E-state index is 0.218. The molecule has 1 N–H and O–H groups in total. The number of aryl methyl sites for hydroxylation is 1. The standard InChI is InChI=1S/C17H24N4O/c1-14-12-21(13-15-8-5-4-6-9-15)17(22)19-16(14)18-10-7-11-20(2)3/h4-6,8-9,12H,7,10-11,13H2,1-3H3,(H,18,19,22). The van der Waals surface area contributed by atoms with Gasteiger partial charge in [-0.15, -0.1) is 0 Å². The van der Waals surface area contributed by atoms with E-state index in [-0.39, 0.29) is 5.69 Å². The molecule has 0 atom stereocenters. The van der Waals surface area contributed by atoms with Gasteiger partial charge in [-0.2, -0.15) is 4.98 Å². The molecule has 0 bridgehead atoms. The summed E-state index contributed by atoms with van der Waals surface area (Å²) in [6, 6.07) is 9.93. The first-order chi connectivity index (χ1) is 10.6. The van der Waals surface area contributed by atoms with Gasteiger partial charge in [-0.25, -0.2) is 4.79 Å². The number of rotatable bonds is 7. The van der Waals surface area contributed by atoms with Crippen LogP contribution in [0.15, 0.2) is 41.3 Å². The molecule has 0 fully saturated rings. The van der Waals surface area contributed by atoms with Crippen molar-refractivity contribution < 1.29 is 0 Å². The predicted molar refractivity (Wildman–Crippen MR) is 90.4 cm³/mol. The van der Waals surface area contributed by atoms with E-state index in [0.29, 0.717) is 12.4 Å². The highest BCUT2D eigenvalue weighted by atomic mass is 16.1. The SMILES string of the molecule is Cc1cn(Cc2ccccc2)c(=O)nc1NCCCN(C)C. The van der Waals surface area contributed by atoms with Crippen molar-refractivity contribution in [3.05, 3.63) is 58.1 Å². The maximum atomic E-state index is 12.1. The molecule has 0 amide bonds. The second kappa shape index (κ2) is 7.75. The van der Waals surface area contributed by atoms with Gasteiger partial charge in [0.25, 0.3) is 0 Å². The van der Waals surface area contributed by atoms with Gasteiger partial charge in [0.1, 0.15) is 5.82 Å². The van der Waals surface area contributed by atoms with Crippen LogP contribution in [-0.4, -0.2) is 41.6 Å². The van der Waals surface area contributed by atoms with Crippen LogP contribution in [0, 0.1) is 6.92 Å². The summed E-state index contributed by atoms with van der Waals surface area (Å²) in [4.78, 5) is 18.4. The number of nitrogens with zero attached hydrogens (tertiary/aromatic N) is 3. The van der Waals surface area contributed by atoms with Crippen molar-refractivity contribution in [2.75, 3.05) is 32.5 Å². The van der Waals surface area contributed by atoms with Gasteiger partial charge in [-0.1, -0.05) is 30.3 Å². The third-order valence-electron chi connectivity index (χ3n) is 3.45. The minimum atomic E-state index is -0.218. The molecule has 22 heavy (non-hydrogen) atoms. The summed E-state index contributed by atoms with van der Waals surface area (Å²) in [6.07, 6.45) is 2.89. The van der Waals surface area contributed by atoms with Crippen LogP contribution in [0.4, 0.5) is 5.82 Å². The van der Waals surface area contributed by atoms with Crippen LogP contribution in [0.2, 0.25) is 0 Å². The molecular formula is C17H24N4O. The van der Waals surface area contributed by atoms with Crippen molar-refractivity contribution in [2.45, 2.75) is 19.9 Å². The Balaban J connectivity index is 2.03. The van der Waals surface area contributed by atoms with Gasteiger partial charge in [-0.05, 0) is 39.5 Å². The van der Waals surface area contributed by atoms with Crippen LogP contribution >= 0.6 is 0 Å². The maximum Gasteiger partial charge on any atom is 0.349 e. The highest BCUT2D eigenvalue weighted by molar-refractivity contribution is 5.41. The first-order valence-electron chi connectivity index (χ1n) is 7.57. The van der Waals surface area contributed by atoms with E-state index in [9.17, 15) is 4.79 Å². The highest BCUT2D eigenvalue weighted by Crippen LogP contribution is 2.09. The molecule has 0 spiro atoms.